The number of anilines is 2. The van der Waals surface area contributed by atoms with Crippen LogP contribution < -0.4 is 10.2 Å². The number of ketones is 1. The molecule has 1 heterocycles. The van der Waals surface area contributed by atoms with E-state index in [-0.39, 0.29) is 17.6 Å². The van der Waals surface area contributed by atoms with Crippen molar-refractivity contribution in [2.75, 3.05) is 10.2 Å². The molecule has 4 heteroatoms. The van der Waals surface area contributed by atoms with Crippen molar-refractivity contribution in [3.8, 4) is 0 Å². The molecule has 3 aromatic rings. The van der Waals surface area contributed by atoms with Gasteiger partial charge >= 0.3 is 0 Å². The second kappa shape index (κ2) is 8.36. The fourth-order valence-electron chi connectivity index (χ4n) is 5.08. The molecule has 0 spiro atoms. The van der Waals surface area contributed by atoms with Crippen LogP contribution in [0.15, 0.2) is 84.1 Å². The van der Waals surface area contributed by atoms with Crippen LogP contribution in [0.1, 0.15) is 54.0 Å². The van der Waals surface area contributed by atoms with Crippen molar-refractivity contribution in [2.45, 2.75) is 45.6 Å². The van der Waals surface area contributed by atoms with Gasteiger partial charge in [-0.15, -0.1) is 0 Å². The minimum atomic E-state index is -0.458. The van der Waals surface area contributed by atoms with Gasteiger partial charge in [-0.3, -0.25) is 14.5 Å². The minimum absolute atomic E-state index is 0.0861. The van der Waals surface area contributed by atoms with E-state index in [2.05, 4.69) is 36.5 Å². The Bertz CT molecular complexity index is 1260. The number of rotatable bonds is 2. The van der Waals surface area contributed by atoms with Crippen LogP contribution in [0.3, 0.4) is 0 Å². The highest BCUT2D eigenvalue weighted by Crippen LogP contribution is 2.47. The highest BCUT2D eigenvalue weighted by Gasteiger charge is 2.40. The van der Waals surface area contributed by atoms with Crippen molar-refractivity contribution in [3.05, 3.63) is 106 Å². The number of allylic oxidation sites excluding steroid dienone is 1. The van der Waals surface area contributed by atoms with E-state index in [0.717, 1.165) is 34.6 Å². The SMILES string of the molecule is CC(=O)N1c2ccccc2NC2=C(C(=O)C[C@H](c3ccc(C)cc3)C2)[C@H]1c1ccc(C)cc1. The van der Waals surface area contributed by atoms with Crippen LogP contribution in [0.2, 0.25) is 0 Å². The summed E-state index contributed by atoms with van der Waals surface area (Å²) < 4.78 is 0. The molecule has 2 atom stereocenters. The number of aryl methyl sites for hydroxylation is 2. The molecule has 5 rings (SSSR count). The summed E-state index contributed by atoms with van der Waals surface area (Å²) in [5.74, 6) is 0.120. The number of nitrogens with one attached hydrogen (secondary N) is 1. The lowest BCUT2D eigenvalue weighted by atomic mass is 9.78. The van der Waals surface area contributed by atoms with E-state index in [1.165, 1.54) is 11.1 Å². The van der Waals surface area contributed by atoms with Gasteiger partial charge in [0.05, 0.1) is 17.4 Å². The summed E-state index contributed by atoms with van der Waals surface area (Å²) in [4.78, 5) is 28.6. The summed E-state index contributed by atoms with van der Waals surface area (Å²) in [5.41, 5.74) is 7.74. The van der Waals surface area contributed by atoms with Gasteiger partial charge in [0.25, 0.3) is 0 Å². The molecule has 33 heavy (non-hydrogen) atoms. The maximum absolute atomic E-state index is 13.8. The number of nitrogens with zero attached hydrogens (tertiary/aromatic N) is 1. The average molecular weight is 437 g/mol. The van der Waals surface area contributed by atoms with Gasteiger partial charge < -0.3 is 5.32 Å². The van der Waals surface area contributed by atoms with Gasteiger partial charge in [-0.05, 0) is 49.4 Å². The van der Waals surface area contributed by atoms with Gasteiger partial charge in [0.2, 0.25) is 5.91 Å². The maximum Gasteiger partial charge on any atom is 0.224 e. The Morgan fingerprint density at radius 3 is 2.09 bits per heavy atom. The van der Waals surface area contributed by atoms with E-state index in [4.69, 9.17) is 0 Å². The third kappa shape index (κ3) is 3.86. The van der Waals surface area contributed by atoms with Gasteiger partial charge in [-0.2, -0.15) is 0 Å². The summed E-state index contributed by atoms with van der Waals surface area (Å²) in [7, 11) is 0. The summed E-state index contributed by atoms with van der Waals surface area (Å²) in [6.07, 6.45) is 1.17. The number of carbonyl (C=O) groups is 2. The predicted molar refractivity (Wildman–Crippen MR) is 132 cm³/mol. The Labute approximate surface area is 194 Å². The largest absolute Gasteiger partial charge is 0.357 e. The number of amides is 1. The summed E-state index contributed by atoms with van der Waals surface area (Å²) in [6.45, 7) is 5.69. The third-order valence-electron chi connectivity index (χ3n) is 6.77. The van der Waals surface area contributed by atoms with Gasteiger partial charge in [-0.1, -0.05) is 71.8 Å². The molecule has 1 aliphatic carbocycles. The first-order chi connectivity index (χ1) is 15.9. The van der Waals surface area contributed by atoms with Crippen molar-refractivity contribution >= 4 is 23.1 Å². The average Bonchev–Trinajstić information content (AvgIpc) is 2.94. The number of benzene rings is 3. The van der Waals surface area contributed by atoms with Crippen molar-refractivity contribution in [2.24, 2.45) is 0 Å². The van der Waals surface area contributed by atoms with Gasteiger partial charge in [0.15, 0.2) is 5.78 Å². The van der Waals surface area contributed by atoms with Gasteiger partial charge in [0.1, 0.15) is 0 Å². The maximum atomic E-state index is 13.8. The molecule has 1 N–H and O–H groups in total. The second-order valence-electron chi connectivity index (χ2n) is 9.18. The van der Waals surface area contributed by atoms with Gasteiger partial charge in [-0.25, -0.2) is 0 Å². The molecule has 0 aromatic heterocycles. The van der Waals surface area contributed by atoms with E-state index in [1.807, 2.05) is 55.5 Å². The molecule has 1 aliphatic heterocycles. The molecule has 0 radical (unpaired) electrons. The first-order valence-corrected chi connectivity index (χ1v) is 11.5. The lowest BCUT2D eigenvalue weighted by molar-refractivity contribution is -0.117. The molecule has 0 unspecified atom stereocenters. The van der Waals surface area contributed by atoms with Crippen LogP contribution in [-0.4, -0.2) is 11.7 Å². The monoisotopic (exact) mass is 436 g/mol. The van der Waals surface area contributed by atoms with Crippen LogP contribution in [0, 0.1) is 13.8 Å². The Morgan fingerprint density at radius 2 is 1.45 bits per heavy atom. The summed E-state index contributed by atoms with van der Waals surface area (Å²) in [5, 5.41) is 3.56. The standard InChI is InChI=1S/C29H28N2O2/c1-18-8-12-21(13-9-18)23-16-25-28(27(33)17-23)29(22-14-10-19(2)11-15-22)31(20(3)32)26-7-5-4-6-24(26)30-25/h4-15,23,29-30H,16-17H2,1-3H3/t23-,29-/m1/s1. The molecular weight excluding hydrogens is 408 g/mol. The fraction of sp³-hybridized carbons (Fsp3) is 0.241. The highest BCUT2D eigenvalue weighted by atomic mass is 16.2. The number of fused-ring (bicyclic) bond motifs is 1. The zero-order valence-electron chi connectivity index (χ0n) is 19.3. The zero-order chi connectivity index (χ0) is 23.1. The van der Waals surface area contributed by atoms with Crippen molar-refractivity contribution in [3.63, 3.8) is 0 Å². The topological polar surface area (TPSA) is 49.4 Å². The molecule has 0 saturated heterocycles. The zero-order valence-corrected chi connectivity index (χ0v) is 19.3. The van der Waals surface area contributed by atoms with Crippen molar-refractivity contribution in [1.29, 1.82) is 0 Å². The number of Topliss-reactive ketones (excluding diaryl/α,β-unsaturated/α-hetero) is 1. The van der Waals surface area contributed by atoms with Crippen LogP contribution in [0.4, 0.5) is 11.4 Å². The molecule has 1 amide bonds. The van der Waals surface area contributed by atoms with Crippen molar-refractivity contribution < 1.29 is 9.59 Å². The molecule has 2 aliphatic rings. The van der Waals surface area contributed by atoms with E-state index in [9.17, 15) is 9.59 Å². The number of hydrogen-bond donors (Lipinski definition) is 1. The highest BCUT2D eigenvalue weighted by molar-refractivity contribution is 6.06. The third-order valence-corrected chi connectivity index (χ3v) is 6.77. The smallest absolute Gasteiger partial charge is 0.224 e. The quantitative estimate of drug-likeness (QED) is 0.518. The molecule has 4 nitrogen and oxygen atoms in total. The molecule has 0 bridgehead atoms. The van der Waals surface area contributed by atoms with Crippen LogP contribution >= 0.6 is 0 Å². The van der Waals surface area contributed by atoms with E-state index < -0.39 is 6.04 Å². The Balaban J connectivity index is 1.69. The Kier molecular flexibility index (Phi) is 5.37. The summed E-state index contributed by atoms with van der Waals surface area (Å²) in [6, 6.07) is 24.0. The normalized spacial score (nSPS) is 20.0. The molecule has 0 saturated carbocycles. The second-order valence-corrected chi connectivity index (χ2v) is 9.18. The molecule has 3 aromatic carbocycles. The Morgan fingerprint density at radius 1 is 0.848 bits per heavy atom. The lowest BCUT2D eigenvalue weighted by Crippen LogP contribution is -2.37. The number of carbonyl (C=O) groups excluding carboxylic acids is 2. The van der Waals surface area contributed by atoms with E-state index >= 15 is 0 Å². The predicted octanol–water partition coefficient (Wildman–Crippen LogP) is 6.22. The first kappa shape index (κ1) is 21.2. The van der Waals surface area contributed by atoms with E-state index in [0.29, 0.717) is 12.0 Å². The summed E-state index contributed by atoms with van der Waals surface area (Å²) >= 11 is 0. The minimum Gasteiger partial charge on any atom is -0.357 e. The van der Waals surface area contributed by atoms with Crippen LogP contribution in [0.25, 0.3) is 0 Å². The molecule has 0 fully saturated rings. The fourth-order valence-corrected chi connectivity index (χ4v) is 5.08. The van der Waals surface area contributed by atoms with Crippen LogP contribution in [-0.2, 0) is 9.59 Å². The van der Waals surface area contributed by atoms with Crippen molar-refractivity contribution in [1.82, 2.24) is 0 Å². The first-order valence-electron chi connectivity index (χ1n) is 11.5. The van der Waals surface area contributed by atoms with E-state index in [1.54, 1.807) is 11.8 Å². The van der Waals surface area contributed by atoms with Gasteiger partial charge in [0, 0.05) is 24.6 Å². The number of hydrogen-bond acceptors (Lipinski definition) is 3. The molecule has 166 valence electrons. The Hall–Kier alpha value is -3.66. The van der Waals surface area contributed by atoms with Crippen LogP contribution in [0.5, 0.6) is 0 Å². The lowest BCUT2D eigenvalue weighted by Gasteiger charge is -2.34. The molecular formula is C29H28N2O2. The number of para-hydroxylation sites is 2.